The lowest BCUT2D eigenvalue weighted by atomic mass is 10.0. The molecular formula is C13H28N2. The summed E-state index contributed by atoms with van der Waals surface area (Å²) in [7, 11) is 0. The summed E-state index contributed by atoms with van der Waals surface area (Å²) >= 11 is 0. The van der Waals surface area contributed by atoms with Crippen molar-refractivity contribution >= 4 is 0 Å². The van der Waals surface area contributed by atoms with Crippen LogP contribution in [-0.2, 0) is 0 Å². The van der Waals surface area contributed by atoms with Crippen molar-refractivity contribution in [2.24, 2.45) is 17.6 Å². The van der Waals surface area contributed by atoms with Crippen LogP contribution in [0.25, 0.3) is 0 Å². The number of hydrogen-bond acceptors (Lipinski definition) is 2. The van der Waals surface area contributed by atoms with Crippen molar-refractivity contribution in [2.75, 3.05) is 19.6 Å². The lowest BCUT2D eigenvalue weighted by Gasteiger charge is -2.20. The van der Waals surface area contributed by atoms with Crippen LogP contribution in [0.1, 0.15) is 46.5 Å². The molecular weight excluding hydrogens is 184 g/mol. The maximum atomic E-state index is 5.75. The third-order valence-electron chi connectivity index (χ3n) is 3.43. The lowest BCUT2D eigenvalue weighted by molar-refractivity contribution is 0.269. The molecule has 1 fully saturated rings. The highest BCUT2D eigenvalue weighted by Crippen LogP contribution is 2.18. The summed E-state index contributed by atoms with van der Waals surface area (Å²) < 4.78 is 0. The molecule has 0 aromatic carbocycles. The van der Waals surface area contributed by atoms with E-state index in [2.05, 4.69) is 25.7 Å². The Morgan fingerprint density at radius 2 is 2.07 bits per heavy atom. The molecule has 0 aromatic rings. The summed E-state index contributed by atoms with van der Waals surface area (Å²) in [5, 5.41) is 0. The molecule has 0 radical (unpaired) electrons. The second-order valence-corrected chi connectivity index (χ2v) is 5.67. The maximum Gasteiger partial charge on any atom is 0.00104 e. The predicted molar refractivity (Wildman–Crippen MR) is 66.9 cm³/mol. The van der Waals surface area contributed by atoms with E-state index >= 15 is 0 Å². The molecule has 1 saturated heterocycles. The van der Waals surface area contributed by atoms with Crippen molar-refractivity contribution in [3.63, 3.8) is 0 Å². The van der Waals surface area contributed by atoms with Crippen molar-refractivity contribution in [3.8, 4) is 0 Å². The van der Waals surface area contributed by atoms with Gasteiger partial charge in [-0.15, -0.1) is 0 Å². The minimum absolute atomic E-state index is 0.379. The van der Waals surface area contributed by atoms with E-state index in [1.54, 1.807) is 0 Å². The smallest absolute Gasteiger partial charge is 0.00104 e. The molecule has 3 unspecified atom stereocenters. The van der Waals surface area contributed by atoms with Crippen molar-refractivity contribution in [1.82, 2.24) is 4.90 Å². The van der Waals surface area contributed by atoms with Crippen LogP contribution in [0.5, 0.6) is 0 Å². The van der Waals surface area contributed by atoms with Gasteiger partial charge in [0.2, 0.25) is 0 Å². The van der Waals surface area contributed by atoms with Gasteiger partial charge in [0.15, 0.2) is 0 Å². The predicted octanol–water partition coefficient (Wildman–Crippen LogP) is 2.48. The highest BCUT2D eigenvalue weighted by Gasteiger charge is 2.19. The van der Waals surface area contributed by atoms with Gasteiger partial charge < -0.3 is 10.6 Å². The van der Waals surface area contributed by atoms with E-state index in [-0.39, 0.29) is 0 Å². The topological polar surface area (TPSA) is 29.3 Å². The summed E-state index contributed by atoms with van der Waals surface area (Å²) in [6.07, 6.45) is 5.21. The van der Waals surface area contributed by atoms with E-state index in [1.807, 2.05) is 0 Å². The fraction of sp³-hybridized carbons (Fsp3) is 1.00. The Labute approximate surface area is 95.2 Å². The molecule has 15 heavy (non-hydrogen) atoms. The lowest BCUT2D eigenvalue weighted by Crippen LogP contribution is -2.26. The van der Waals surface area contributed by atoms with E-state index in [1.165, 1.54) is 45.3 Å². The van der Waals surface area contributed by atoms with Crippen LogP contribution < -0.4 is 5.73 Å². The Balaban J connectivity index is 2.05. The summed E-state index contributed by atoms with van der Waals surface area (Å²) in [4.78, 5) is 2.63. The molecule has 1 aliphatic heterocycles. The highest BCUT2D eigenvalue weighted by molar-refractivity contribution is 4.74. The van der Waals surface area contributed by atoms with Crippen LogP contribution in [0, 0.1) is 11.8 Å². The van der Waals surface area contributed by atoms with Gasteiger partial charge in [0.25, 0.3) is 0 Å². The number of nitrogens with two attached hydrogens (primary N) is 1. The molecule has 0 saturated carbocycles. The normalized spacial score (nSPS) is 26.8. The van der Waals surface area contributed by atoms with Crippen molar-refractivity contribution in [1.29, 1.82) is 0 Å². The zero-order chi connectivity index (χ0) is 11.3. The van der Waals surface area contributed by atoms with Gasteiger partial charge >= 0.3 is 0 Å². The SMILES string of the molecule is CC(N)CCCC(C)CN1CCC(C)C1. The van der Waals surface area contributed by atoms with Gasteiger partial charge in [0, 0.05) is 19.1 Å². The van der Waals surface area contributed by atoms with E-state index in [0.717, 1.165) is 11.8 Å². The molecule has 2 heteroatoms. The molecule has 0 aromatic heterocycles. The van der Waals surface area contributed by atoms with Gasteiger partial charge in [-0.25, -0.2) is 0 Å². The molecule has 1 rings (SSSR count). The van der Waals surface area contributed by atoms with E-state index in [9.17, 15) is 0 Å². The Kier molecular flexibility index (Phi) is 5.62. The average Bonchev–Trinajstić information content (AvgIpc) is 2.50. The Bertz CT molecular complexity index is 168. The first-order valence-electron chi connectivity index (χ1n) is 6.56. The van der Waals surface area contributed by atoms with Gasteiger partial charge in [-0.2, -0.15) is 0 Å². The standard InChI is InChI=1S/C13H28N2/c1-11(5-4-6-13(3)14)9-15-8-7-12(2)10-15/h11-13H,4-10,14H2,1-3H3. The molecule has 2 nitrogen and oxygen atoms in total. The summed E-state index contributed by atoms with van der Waals surface area (Å²) in [5.41, 5.74) is 5.75. The highest BCUT2D eigenvalue weighted by atomic mass is 15.1. The molecule has 1 heterocycles. The molecule has 0 amide bonds. The maximum absolute atomic E-state index is 5.75. The van der Waals surface area contributed by atoms with Gasteiger partial charge in [-0.05, 0) is 44.6 Å². The first-order chi connectivity index (χ1) is 7.08. The quantitative estimate of drug-likeness (QED) is 0.733. The third kappa shape index (κ3) is 5.53. The average molecular weight is 212 g/mol. The fourth-order valence-electron chi connectivity index (χ4n) is 2.51. The van der Waals surface area contributed by atoms with Crippen molar-refractivity contribution < 1.29 is 0 Å². The van der Waals surface area contributed by atoms with E-state index < -0.39 is 0 Å². The van der Waals surface area contributed by atoms with Crippen LogP contribution >= 0.6 is 0 Å². The Hall–Kier alpha value is -0.0800. The molecule has 0 aliphatic carbocycles. The van der Waals surface area contributed by atoms with Crippen LogP contribution in [0.15, 0.2) is 0 Å². The van der Waals surface area contributed by atoms with Gasteiger partial charge in [0.05, 0.1) is 0 Å². The van der Waals surface area contributed by atoms with Crippen LogP contribution in [0.3, 0.4) is 0 Å². The van der Waals surface area contributed by atoms with Gasteiger partial charge in [-0.1, -0.05) is 20.3 Å². The van der Waals surface area contributed by atoms with Gasteiger partial charge in [0.1, 0.15) is 0 Å². The van der Waals surface area contributed by atoms with E-state index in [0.29, 0.717) is 6.04 Å². The van der Waals surface area contributed by atoms with Crippen molar-refractivity contribution in [2.45, 2.75) is 52.5 Å². The zero-order valence-corrected chi connectivity index (χ0v) is 10.7. The van der Waals surface area contributed by atoms with Crippen LogP contribution in [0.4, 0.5) is 0 Å². The summed E-state index contributed by atoms with van der Waals surface area (Å²) in [5.74, 6) is 1.76. The van der Waals surface area contributed by atoms with Crippen LogP contribution in [-0.4, -0.2) is 30.6 Å². The molecule has 2 N–H and O–H groups in total. The first-order valence-corrected chi connectivity index (χ1v) is 6.56. The third-order valence-corrected chi connectivity index (χ3v) is 3.43. The minimum Gasteiger partial charge on any atom is -0.328 e. The monoisotopic (exact) mass is 212 g/mol. The first kappa shape index (κ1) is 13.0. The fourth-order valence-corrected chi connectivity index (χ4v) is 2.51. The molecule has 90 valence electrons. The summed E-state index contributed by atoms with van der Waals surface area (Å²) in [6, 6.07) is 0.379. The number of likely N-dealkylation sites (tertiary alicyclic amines) is 1. The molecule has 3 atom stereocenters. The van der Waals surface area contributed by atoms with Crippen LogP contribution in [0.2, 0.25) is 0 Å². The molecule has 1 aliphatic rings. The number of hydrogen-bond donors (Lipinski definition) is 1. The molecule has 0 spiro atoms. The van der Waals surface area contributed by atoms with Gasteiger partial charge in [-0.3, -0.25) is 0 Å². The minimum atomic E-state index is 0.379. The molecule has 0 bridgehead atoms. The summed E-state index contributed by atoms with van der Waals surface area (Å²) in [6.45, 7) is 10.8. The number of nitrogens with zero attached hydrogens (tertiary/aromatic N) is 1. The van der Waals surface area contributed by atoms with Crippen molar-refractivity contribution in [3.05, 3.63) is 0 Å². The largest absolute Gasteiger partial charge is 0.328 e. The Morgan fingerprint density at radius 1 is 1.33 bits per heavy atom. The second-order valence-electron chi connectivity index (χ2n) is 5.67. The number of rotatable bonds is 6. The second kappa shape index (κ2) is 6.49. The van der Waals surface area contributed by atoms with E-state index in [4.69, 9.17) is 5.73 Å². The Morgan fingerprint density at radius 3 is 2.60 bits per heavy atom. The zero-order valence-electron chi connectivity index (χ0n) is 10.7.